The van der Waals surface area contributed by atoms with Crippen molar-refractivity contribution in [1.82, 2.24) is 9.21 Å². The van der Waals surface area contributed by atoms with Crippen LogP contribution < -0.4 is 0 Å². The zero-order valence-corrected chi connectivity index (χ0v) is 20.7. The maximum absolute atomic E-state index is 13.1. The van der Waals surface area contributed by atoms with Crippen molar-refractivity contribution >= 4 is 10.0 Å². The van der Waals surface area contributed by atoms with Gasteiger partial charge in [0.1, 0.15) is 0 Å². The highest BCUT2D eigenvalue weighted by atomic mass is 32.2. The summed E-state index contributed by atoms with van der Waals surface area (Å²) in [7, 11) is -3.16. The maximum Gasteiger partial charge on any atom is 0.421 e. The van der Waals surface area contributed by atoms with E-state index in [0.29, 0.717) is 0 Å². The topological polar surface area (TPSA) is 60.9 Å². The second kappa shape index (κ2) is 8.57. The second-order valence-electron chi connectivity index (χ2n) is 10.4. The van der Waals surface area contributed by atoms with E-state index >= 15 is 0 Å². The maximum atomic E-state index is 13.1. The fraction of sp³-hybridized carbons (Fsp3) is 0.538. The molecule has 1 saturated carbocycles. The Morgan fingerprint density at radius 3 is 2.09 bits per heavy atom. The summed E-state index contributed by atoms with van der Waals surface area (Å²) in [6, 6.07) is 12.1. The van der Waals surface area contributed by atoms with E-state index in [1.807, 2.05) is 23.4 Å². The molecule has 2 aliphatic heterocycles. The number of halogens is 3. The van der Waals surface area contributed by atoms with Crippen LogP contribution in [0.25, 0.3) is 11.1 Å². The molecule has 5 rings (SSSR count). The molecule has 3 unspecified atom stereocenters. The zero-order chi connectivity index (χ0) is 25.2. The molecule has 190 valence electrons. The molecule has 2 aromatic carbocycles. The van der Waals surface area contributed by atoms with E-state index < -0.39 is 21.8 Å². The lowest BCUT2D eigenvalue weighted by atomic mass is 9.92. The van der Waals surface area contributed by atoms with Crippen LogP contribution >= 0.6 is 0 Å². The second-order valence-corrected chi connectivity index (χ2v) is 12.6. The fourth-order valence-electron chi connectivity index (χ4n) is 5.58. The molecule has 0 radical (unpaired) electrons. The molecule has 1 aliphatic carbocycles. The molecular formula is C26H31F3N2O3S. The number of rotatable bonds is 6. The van der Waals surface area contributed by atoms with Gasteiger partial charge in [-0.1, -0.05) is 42.5 Å². The summed E-state index contributed by atoms with van der Waals surface area (Å²) >= 11 is 0. The molecule has 0 amide bonds. The monoisotopic (exact) mass is 508 g/mol. The molecule has 35 heavy (non-hydrogen) atoms. The van der Waals surface area contributed by atoms with Crippen molar-refractivity contribution in [1.29, 1.82) is 0 Å². The number of aliphatic hydroxyl groups is 1. The fourth-order valence-corrected chi connectivity index (χ4v) is 7.83. The van der Waals surface area contributed by atoms with E-state index in [4.69, 9.17) is 0 Å². The minimum Gasteiger partial charge on any atom is -0.376 e. The summed E-state index contributed by atoms with van der Waals surface area (Å²) in [6.07, 6.45) is -1.33. The summed E-state index contributed by atoms with van der Waals surface area (Å²) in [6.45, 7) is 4.95. The Labute approximate surface area is 204 Å². The molecule has 3 fully saturated rings. The van der Waals surface area contributed by atoms with Crippen LogP contribution in [0.3, 0.4) is 0 Å². The Morgan fingerprint density at radius 1 is 0.971 bits per heavy atom. The molecule has 9 heteroatoms. The van der Waals surface area contributed by atoms with Gasteiger partial charge in [0.2, 0.25) is 10.0 Å². The lowest BCUT2D eigenvalue weighted by molar-refractivity contribution is -0.258. The van der Waals surface area contributed by atoms with Gasteiger partial charge >= 0.3 is 6.18 Å². The van der Waals surface area contributed by atoms with Crippen LogP contribution in [0.2, 0.25) is 0 Å². The lowest BCUT2D eigenvalue weighted by Gasteiger charge is -2.40. The van der Waals surface area contributed by atoms with E-state index in [-0.39, 0.29) is 22.9 Å². The first-order valence-electron chi connectivity index (χ1n) is 12.1. The van der Waals surface area contributed by atoms with Gasteiger partial charge < -0.3 is 5.11 Å². The minimum absolute atomic E-state index is 0.0622. The Bertz CT molecular complexity index is 1190. The van der Waals surface area contributed by atoms with E-state index in [0.717, 1.165) is 74.5 Å². The Kier molecular flexibility index (Phi) is 6.06. The number of alkyl halides is 3. The van der Waals surface area contributed by atoms with Crippen LogP contribution in [0.5, 0.6) is 0 Å². The van der Waals surface area contributed by atoms with Crippen LogP contribution in [0.1, 0.15) is 49.3 Å². The number of aryl methyl sites for hydroxylation is 1. The van der Waals surface area contributed by atoms with Gasteiger partial charge in [0, 0.05) is 31.7 Å². The number of piperazine rings is 1. The summed E-state index contributed by atoms with van der Waals surface area (Å²) in [5.74, 6) is 0. The Hall–Kier alpha value is -1.94. The largest absolute Gasteiger partial charge is 0.421 e. The highest BCUT2D eigenvalue weighted by Gasteiger charge is 2.52. The number of fused-ring (bicyclic) bond motifs is 2. The standard InChI is InChI=1S/C26H31F3N2O3S/c1-17-13-18(3-12-24(17)19-4-6-20(7-5-19)25(2,32)26(27,28)29)14-30-15-21-8-9-22(16-30)31(21)35(33,34)23-10-11-23/h3-7,12-13,21-23,32H,8-11,14-16H2,1-2H3. The molecule has 0 aromatic heterocycles. The zero-order valence-electron chi connectivity index (χ0n) is 19.9. The molecule has 3 aliphatic rings. The van der Waals surface area contributed by atoms with E-state index in [1.165, 1.54) is 12.1 Å². The van der Waals surface area contributed by atoms with Gasteiger partial charge in [-0.25, -0.2) is 8.42 Å². The SMILES string of the molecule is Cc1cc(CN2CC3CCC(C2)N3S(=O)(=O)C2CC2)ccc1-c1ccc(C(C)(O)C(F)(F)F)cc1. The predicted molar refractivity (Wildman–Crippen MR) is 128 cm³/mol. The first-order chi connectivity index (χ1) is 16.4. The van der Waals surface area contributed by atoms with E-state index in [9.17, 15) is 26.7 Å². The smallest absolute Gasteiger partial charge is 0.376 e. The summed E-state index contributed by atoms with van der Waals surface area (Å²) in [4.78, 5) is 2.34. The van der Waals surface area contributed by atoms with Crippen molar-refractivity contribution in [2.24, 2.45) is 0 Å². The first kappa shape index (κ1) is 24.7. The van der Waals surface area contributed by atoms with Gasteiger partial charge in [0.15, 0.2) is 5.60 Å². The van der Waals surface area contributed by atoms with Crippen LogP contribution in [-0.4, -0.2) is 59.3 Å². The van der Waals surface area contributed by atoms with Crippen molar-refractivity contribution in [3.8, 4) is 11.1 Å². The van der Waals surface area contributed by atoms with Gasteiger partial charge in [0.25, 0.3) is 0 Å². The average Bonchev–Trinajstić information content (AvgIpc) is 3.59. The van der Waals surface area contributed by atoms with E-state index in [2.05, 4.69) is 11.0 Å². The number of hydrogen-bond acceptors (Lipinski definition) is 4. The van der Waals surface area contributed by atoms with Gasteiger partial charge in [0.05, 0.1) is 5.25 Å². The van der Waals surface area contributed by atoms with Crippen molar-refractivity contribution in [2.75, 3.05) is 13.1 Å². The third-order valence-corrected chi connectivity index (χ3v) is 10.2. The summed E-state index contributed by atoms with van der Waals surface area (Å²) < 4.78 is 66.9. The number of hydrogen-bond donors (Lipinski definition) is 1. The molecule has 2 heterocycles. The molecule has 5 nitrogen and oxygen atoms in total. The number of sulfonamides is 1. The highest BCUT2D eigenvalue weighted by Crippen LogP contribution is 2.41. The molecular weight excluding hydrogens is 477 g/mol. The third kappa shape index (κ3) is 4.52. The van der Waals surface area contributed by atoms with Gasteiger partial charge in [-0.05, 0) is 67.3 Å². The lowest BCUT2D eigenvalue weighted by Crippen LogP contribution is -2.56. The number of likely N-dealkylation sites (tertiary alicyclic amines) is 1. The van der Waals surface area contributed by atoms with Gasteiger partial charge in [-0.3, -0.25) is 4.90 Å². The van der Waals surface area contributed by atoms with Gasteiger partial charge in [-0.2, -0.15) is 17.5 Å². The summed E-state index contributed by atoms with van der Waals surface area (Å²) in [5.41, 5.74) is 0.753. The predicted octanol–water partition coefficient (Wildman–Crippen LogP) is 4.57. The highest BCUT2D eigenvalue weighted by molar-refractivity contribution is 7.90. The van der Waals surface area contributed by atoms with Crippen LogP contribution in [0, 0.1) is 6.92 Å². The van der Waals surface area contributed by atoms with Crippen LogP contribution in [0.4, 0.5) is 13.2 Å². The van der Waals surface area contributed by atoms with Crippen molar-refractivity contribution in [3.63, 3.8) is 0 Å². The normalized spacial score (nSPS) is 25.5. The first-order valence-corrected chi connectivity index (χ1v) is 13.6. The minimum atomic E-state index is -4.75. The van der Waals surface area contributed by atoms with Gasteiger partial charge in [-0.15, -0.1) is 0 Å². The quantitative estimate of drug-likeness (QED) is 0.621. The number of nitrogens with zero attached hydrogens (tertiary/aromatic N) is 2. The average molecular weight is 509 g/mol. The third-order valence-electron chi connectivity index (χ3n) is 7.74. The molecule has 2 saturated heterocycles. The molecule has 2 aromatic rings. The molecule has 2 bridgehead atoms. The number of benzene rings is 2. The van der Waals surface area contributed by atoms with E-state index in [1.54, 1.807) is 12.1 Å². The molecule has 1 N–H and O–H groups in total. The van der Waals surface area contributed by atoms with Crippen molar-refractivity contribution in [2.45, 2.75) is 75.2 Å². The summed E-state index contributed by atoms with van der Waals surface area (Å²) in [5, 5.41) is 9.73. The Balaban J connectivity index is 1.27. The van der Waals surface area contributed by atoms with Crippen LogP contribution in [-0.2, 0) is 22.2 Å². The molecule has 0 spiro atoms. The van der Waals surface area contributed by atoms with Crippen molar-refractivity contribution in [3.05, 3.63) is 59.2 Å². The Morgan fingerprint density at radius 2 is 1.57 bits per heavy atom. The molecule has 3 atom stereocenters. The van der Waals surface area contributed by atoms with Crippen LogP contribution in [0.15, 0.2) is 42.5 Å². The van der Waals surface area contributed by atoms with Crippen molar-refractivity contribution < 1.29 is 26.7 Å².